The summed E-state index contributed by atoms with van der Waals surface area (Å²) in [5.41, 5.74) is 2.59. The van der Waals surface area contributed by atoms with Gasteiger partial charge < -0.3 is 9.64 Å². The second-order valence-corrected chi connectivity index (χ2v) is 6.73. The predicted octanol–water partition coefficient (Wildman–Crippen LogP) is 3.77. The summed E-state index contributed by atoms with van der Waals surface area (Å²) in [5, 5.41) is 9.47. The lowest BCUT2D eigenvalue weighted by Crippen LogP contribution is -2.47. The molecule has 0 N–H and O–H groups in total. The zero-order chi connectivity index (χ0) is 18.9. The van der Waals surface area contributed by atoms with Crippen LogP contribution in [-0.2, 0) is 0 Å². The summed E-state index contributed by atoms with van der Waals surface area (Å²) in [5.74, 6) is 0.850. The van der Waals surface area contributed by atoms with Gasteiger partial charge in [0, 0.05) is 32.7 Å². The molecule has 1 fully saturated rings. The van der Waals surface area contributed by atoms with Crippen LogP contribution < -0.4 is 4.74 Å². The van der Waals surface area contributed by atoms with Crippen molar-refractivity contribution in [1.29, 1.82) is 5.26 Å². The molecule has 0 aromatic heterocycles. The van der Waals surface area contributed by atoms with Gasteiger partial charge in [-0.15, -0.1) is 0 Å². The Morgan fingerprint density at radius 2 is 1.67 bits per heavy atom. The van der Waals surface area contributed by atoms with Crippen LogP contribution >= 0.6 is 0 Å². The number of ether oxygens (including phenoxy) is 1. The molecule has 1 saturated heterocycles. The lowest BCUT2D eigenvalue weighted by Gasteiger charge is -2.33. The smallest absolute Gasteiger partial charge is 0.119 e. The van der Waals surface area contributed by atoms with E-state index >= 15 is 0 Å². The van der Waals surface area contributed by atoms with Gasteiger partial charge in [0.05, 0.1) is 11.6 Å². The molecule has 1 aliphatic rings. The van der Waals surface area contributed by atoms with Crippen LogP contribution in [0.25, 0.3) is 11.6 Å². The van der Waals surface area contributed by atoms with Crippen molar-refractivity contribution in [1.82, 2.24) is 9.80 Å². The maximum absolute atomic E-state index is 9.47. The first-order chi connectivity index (χ1) is 13.3. The molecule has 0 amide bonds. The van der Waals surface area contributed by atoms with Gasteiger partial charge in [0.1, 0.15) is 12.4 Å². The standard InChI is InChI=1S/C23H27N3O/c1-2-25-12-14-26(15-13-25)16-17-27-23-10-8-21(9-11-23)22(19-24)18-20-6-4-3-5-7-20/h3-11,18H,2,12-17H2,1H3/b22-18-. The number of nitrogens with zero attached hydrogens (tertiary/aromatic N) is 3. The summed E-state index contributed by atoms with van der Waals surface area (Å²) in [6.07, 6.45) is 1.91. The third-order valence-corrected chi connectivity index (χ3v) is 4.98. The predicted molar refractivity (Wildman–Crippen MR) is 110 cm³/mol. The molecule has 3 rings (SSSR count). The van der Waals surface area contributed by atoms with Gasteiger partial charge in [0.25, 0.3) is 0 Å². The molecule has 2 aromatic rings. The number of allylic oxidation sites excluding steroid dienone is 1. The van der Waals surface area contributed by atoms with Gasteiger partial charge in [-0.2, -0.15) is 5.26 Å². The lowest BCUT2D eigenvalue weighted by atomic mass is 10.0. The lowest BCUT2D eigenvalue weighted by molar-refractivity contribution is 0.121. The van der Waals surface area contributed by atoms with Crippen molar-refractivity contribution < 1.29 is 4.74 Å². The number of benzene rings is 2. The zero-order valence-corrected chi connectivity index (χ0v) is 16.0. The molecular weight excluding hydrogens is 334 g/mol. The number of hydrogen-bond acceptors (Lipinski definition) is 4. The monoisotopic (exact) mass is 361 g/mol. The first-order valence-electron chi connectivity index (χ1n) is 9.63. The Bertz CT molecular complexity index is 770. The van der Waals surface area contributed by atoms with E-state index < -0.39 is 0 Å². The molecule has 0 saturated carbocycles. The summed E-state index contributed by atoms with van der Waals surface area (Å²) in [7, 11) is 0. The largest absolute Gasteiger partial charge is 0.492 e. The fraction of sp³-hybridized carbons (Fsp3) is 0.348. The molecule has 0 atom stereocenters. The van der Waals surface area contributed by atoms with E-state index in [1.807, 2.05) is 60.7 Å². The SMILES string of the molecule is CCN1CCN(CCOc2ccc(/C(C#N)=C\c3ccccc3)cc2)CC1. The Kier molecular flexibility index (Phi) is 7.04. The van der Waals surface area contributed by atoms with Crippen molar-refractivity contribution in [3.63, 3.8) is 0 Å². The molecule has 0 aliphatic carbocycles. The third-order valence-electron chi connectivity index (χ3n) is 4.98. The summed E-state index contributed by atoms with van der Waals surface area (Å²) in [6, 6.07) is 20.0. The highest BCUT2D eigenvalue weighted by atomic mass is 16.5. The van der Waals surface area contributed by atoms with Gasteiger partial charge >= 0.3 is 0 Å². The Labute approximate surface area is 162 Å². The van der Waals surface area contributed by atoms with Crippen LogP contribution in [0.15, 0.2) is 54.6 Å². The quantitative estimate of drug-likeness (QED) is 0.556. The van der Waals surface area contributed by atoms with Crippen molar-refractivity contribution in [2.75, 3.05) is 45.9 Å². The zero-order valence-electron chi connectivity index (χ0n) is 16.0. The summed E-state index contributed by atoms with van der Waals surface area (Å²) >= 11 is 0. The van der Waals surface area contributed by atoms with Crippen molar-refractivity contribution in [2.45, 2.75) is 6.92 Å². The fourth-order valence-electron chi connectivity index (χ4n) is 3.25. The topological polar surface area (TPSA) is 39.5 Å². The van der Waals surface area contributed by atoms with Crippen molar-refractivity contribution in [2.24, 2.45) is 0 Å². The molecule has 0 spiro atoms. The second kappa shape index (κ2) is 9.91. The van der Waals surface area contributed by atoms with Gasteiger partial charge in [-0.1, -0.05) is 37.3 Å². The normalized spacial score (nSPS) is 16.1. The van der Waals surface area contributed by atoms with Crippen molar-refractivity contribution in [3.8, 4) is 11.8 Å². The summed E-state index contributed by atoms with van der Waals surface area (Å²) in [6.45, 7) is 9.53. The number of likely N-dealkylation sites (N-methyl/N-ethyl adjacent to an activating group) is 1. The van der Waals surface area contributed by atoms with Crippen LogP contribution in [0, 0.1) is 11.3 Å². The highest BCUT2D eigenvalue weighted by Gasteiger charge is 2.14. The molecule has 0 bridgehead atoms. The third kappa shape index (κ3) is 5.68. The molecule has 2 aromatic carbocycles. The second-order valence-electron chi connectivity index (χ2n) is 6.73. The van der Waals surface area contributed by atoms with E-state index in [-0.39, 0.29) is 0 Å². The van der Waals surface area contributed by atoms with E-state index in [9.17, 15) is 5.26 Å². The van der Waals surface area contributed by atoms with Gasteiger partial charge in [0.2, 0.25) is 0 Å². The highest BCUT2D eigenvalue weighted by molar-refractivity contribution is 5.89. The van der Waals surface area contributed by atoms with E-state index in [1.165, 1.54) is 0 Å². The summed E-state index contributed by atoms with van der Waals surface area (Å²) in [4.78, 5) is 4.93. The Morgan fingerprint density at radius 1 is 1.00 bits per heavy atom. The van der Waals surface area contributed by atoms with Crippen LogP contribution in [0.4, 0.5) is 0 Å². The maximum Gasteiger partial charge on any atom is 0.119 e. The Balaban J connectivity index is 1.51. The molecule has 1 aliphatic heterocycles. The first kappa shape index (κ1) is 19.2. The van der Waals surface area contributed by atoms with Crippen LogP contribution in [0.1, 0.15) is 18.1 Å². The van der Waals surface area contributed by atoms with E-state index in [0.29, 0.717) is 12.2 Å². The van der Waals surface area contributed by atoms with Gasteiger partial charge in [-0.25, -0.2) is 0 Å². The first-order valence-corrected chi connectivity index (χ1v) is 9.63. The number of nitriles is 1. The molecule has 140 valence electrons. The van der Waals surface area contributed by atoms with Gasteiger partial charge in [0.15, 0.2) is 0 Å². The average Bonchev–Trinajstić information content (AvgIpc) is 2.74. The van der Waals surface area contributed by atoms with Crippen LogP contribution in [0.5, 0.6) is 5.75 Å². The van der Waals surface area contributed by atoms with Crippen LogP contribution in [0.2, 0.25) is 0 Å². The molecule has 1 heterocycles. The minimum atomic E-state index is 0.654. The summed E-state index contributed by atoms with van der Waals surface area (Å²) < 4.78 is 5.89. The van der Waals surface area contributed by atoms with Crippen LogP contribution in [-0.4, -0.2) is 55.7 Å². The molecule has 4 heteroatoms. The highest BCUT2D eigenvalue weighted by Crippen LogP contribution is 2.21. The van der Waals surface area contributed by atoms with E-state index in [1.54, 1.807) is 0 Å². The Hall–Kier alpha value is -2.61. The van der Waals surface area contributed by atoms with E-state index in [0.717, 1.165) is 56.1 Å². The van der Waals surface area contributed by atoms with Gasteiger partial charge in [-0.3, -0.25) is 4.90 Å². The number of piperazine rings is 1. The van der Waals surface area contributed by atoms with Crippen molar-refractivity contribution >= 4 is 11.6 Å². The molecule has 0 unspecified atom stereocenters. The maximum atomic E-state index is 9.47. The van der Waals surface area contributed by atoms with E-state index in [4.69, 9.17) is 4.74 Å². The minimum absolute atomic E-state index is 0.654. The number of hydrogen-bond donors (Lipinski definition) is 0. The van der Waals surface area contributed by atoms with Crippen molar-refractivity contribution in [3.05, 3.63) is 65.7 Å². The molecule has 27 heavy (non-hydrogen) atoms. The van der Waals surface area contributed by atoms with Crippen LogP contribution in [0.3, 0.4) is 0 Å². The Morgan fingerprint density at radius 3 is 2.30 bits per heavy atom. The fourth-order valence-corrected chi connectivity index (χ4v) is 3.25. The average molecular weight is 361 g/mol. The molecular formula is C23H27N3O. The number of rotatable bonds is 7. The molecule has 4 nitrogen and oxygen atoms in total. The van der Waals surface area contributed by atoms with E-state index in [2.05, 4.69) is 22.8 Å². The molecule has 0 radical (unpaired) electrons. The minimum Gasteiger partial charge on any atom is -0.492 e. The van der Waals surface area contributed by atoms with Gasteiger partial charge in [-0.05, 0) is 48.0 Å².